The number of carbonyl (C=O) groups is 1. The summed E-state index contributed by atoms with van der Waals surface area (Å²) in [7, 11) is 0. The lowest BCUT2D eigenvalue weighted by molar-refractivity contribution is -0.384. The molecule has 0 bridgehead atoms. The van der Waals surface area contributed by atoms with E-state index in [2.05, 4.69) is 15.5 Å². The molecule has 11 heteroatoms. The van der Waals surface area contributed by atoms with Crippen LogP contribution in [0.25, 0.3) is 11.4 Å². The van der Waals surface area contributed by atoms with Gasteiger partial charge in [-0.25, -0.2) is 0 Å². The molecule has 31 heavy (non-hydrogen) atoms. The predicted octanol–water partition coefficient (Wildman–Crippen LogP) is 4.79. The number of nitro benzene ring substituents is 1. The van der Waals surface area contributed by atoms with Crippen LogP contribution in [0.4, 0.5) is 18.9 Å². The van der Waals surface area contributed by atoms with Crippen LogP contribution in [-0.2, 0) is 6.18 Å². The van der Waals surface area contributed by atoms with Crippen LogP contribution < -0.4 is 5.32 Å². The molecule has 1 aromatic heterocycles. The highest BCUT2D eigenvalue weighted by atomic mass is 19.4. The Hall–Kier alpha value is -3.76. The second-order valence-electron chi connectivity index (χ2n) is 7.03. The maximum atomic E-state index is 12.7. The summed E-state index contributed by atoms with van der Waals surface area (Å²) in [5, 5.41) is 17.3. The van der Waals surface area contributed by atoms with Crippen molar-refractivity contribution >= 4 is 11.6 Å². The summed E-state index contributed by atoms with van der Waals surface area (Å²) < 4.78 is 43.4. The minimum Gasteiger partial charge on any atom is -0.340 e. The minimum atomic E-state index is -4.49. The summed E-state index contributed by atoms with van der Waals surface area (Å²) in [4.78, 5) is 27.0. The van der Waals surface area contributed by atoms with Gasteiger partial charge < -0.3 is 9.84 Å². The largest absolute Gasteiger partial charge is 0.416 e. The standard InChI is InChI=1S/C20H17F3N4O4/c1-11(2)16(24-18(28)13-3-7-14(8-4-13)20(21,22)23)19-25-17(26-31-19)12-5-9-15(10-6-12)27(29)30/h3-11,16H,1-2H3,(H,24,28). The third kappa shape index (κ3) is 5.05. The number of rotatable bonds is 6. The molecule has 0 aliphatic heterocycles. The Bertz CT molecular complexity index is 1080. The van der Waals surface area contributed by atoms with Crippen LogP contribution in [0.15, 0.2) is 53.1 Å². The van der Waals surface area contributed by atoms with E-state index < -0.39 is 28.6 Å². The molecule has 0 spiro atoms. The van der Waals surface area contributed by atoms with Gasteiger partial charge in [-0.1, -0.05) is 19.0 Å². The van der Waals surface area contributed by atoms with Crippen LogP contribution in [0.1, 0.15) is 41.7 Å². The average Bonchev–Trinajstić information content (AvgIpc) is 3.21. The first-order valence-corrected chi connectivity index (χ1v) is 9.13. The third-order valence-corrected chi connectivity index (χ3v) is 4.47. The molecule has 0 saturated carbocycles. The van der Waals surface area contributed by atoms with Gasteiger partial charge in [-0.15, -0.1) is 0 Å². The number of amides is 1. The van der Waals surface area contributed by atoms with Crippen molar-refractivity contribution in [3.05, 3.63) is 75.7 Å². The maximum Gasteiger partial charge on any atom is 0.416 e. The second-order valence-corrected chi connectivity index (χ2v) is 7.03. The van der Waals surface area contributed by atoms with Gasteiger partial charge in [0.25, 0.3) is 11.6 Å². The number of benzene rings is 2. The van der Waals surface area contributed by atoms with Gasteiger partial charge >= 0.3 is 6.18 Å². The summed E-state index contributed by atoms with van der Waals surface area (Å²) in [6.45, 7) is 3.60. The number of halogens is 3. The van der Waals surface area contributed by atoms with Crippen LogP contribution in [0, 0.1) is 16.0 Å². The number of aromatic nitrogens is 2. The van der Waals surface area contributed by atoms with E-state index in [0.717, 1.165) is 24.3 Å². The van der Waals surface area contributed by atoms with E-state index >= 15 is 0 Å². The van der Waals surface area contributed by atoms with Crippen LogP contribution >= 0.6 is 0 Å². The van der Waals surface area contributed by atoms with Gasteiger partial charge in [0, 0.05) is 23.3 Å². The molecular weight excluding hydrogens is 417 g/mol. The zero-order chi connectivity index (χ0) is 22.8. The maximum absolute atomic E-state index is 12.7. The highest BCUT2D eigenvalue weighted by Crippen LogP contribution is 2.29. The first-order valence-electron chi connectivity index (χ1n) is 9.13. The third-order valence-electron chi connectivity index (χ3n) is 4.47. The molecule has 1 heterocycles. The number of hydrogen-bond acceptors (Lipinski definition) is 6. The van der Waals surface area contributed by atoms with E-state index in [4.69, 9.17) is 4.52 Å². The Kier molecular flexibility index (Phi) is 6.04. The average molecular weight is 434 g/mol. The lowest BCUT2D eigenvalue weighted by Gasteiger charge is -2.18. The fourth-order valence-corrected chi connectivity index (χ4v) is 2.76. The monoisotopic (exact) mass is 434 g/mol. The topological polar surface area (TPSA) is 111 Å². The number of nitrogens with one attached hydrogen (secondary N) is 1. The lowest BCUT2D eigenvalue weighted by Crippen LogP contribution is -2.32. The second kappa shape index (κ2) is 8.54. The molecule has 0 aliphatic carbocycles. The van der Waals surface area contributed by atoms with Gasteiger partial charge in [-0.05, 0) is 42.3 Å². The van der Waals surface area contributed by atoms with Crippen molar-refractivity contribution in [2.45, 2.75) is 26.1 Å². The van der Waals surface area contributed by atoms with E-state index in [9.17, 15) is 28.1 Å². The molecule has 3 aromatic rings. The van der Waals surface area contributed by atoms with Gasteiger partial charge in [0.05, 0.1) is 10.5 Å². The Morgan fingerprint density at radius 3 is 2.23 bits per heavy atom. The molecule has 1 atom stereocenters. The van der Waals surface area contributed by atoms with Crippen molar-refractivity contribution in [1.82, 2.24) is 15.5 Å². The highest BCUT2D eigenvalue weighted by Gasteiger charge is 2.31. The number of non-ortho nitro benzene ring substituents is 1. The Balaban J connectivity index is 1.78. The summed E-state index contributed by atoms with van der Waals surface area (Å²) in [6, 6.07) is 8.69. The molecule has 0 saturated heterocycles. The number of nitro groups is 1. The van der Waals surface area contributed by atoms with E-state index in [-0.39, 0.29) is 28.9 Å². The molecule has 0 aliphatic rings. The predicted molar refractivity (Wildman–Crippen MR) is 103 cm³/mol. The van der Waals surface area contributed by atoms with Gasteiger partial charge in [-0.3, -0.25) is 14.9 Å². The van der Waals surface area contributed by atoms with Crippen LogP contribution in [0.5, 0.6) is 0 Å². The Morgan fingerprint density at radius 2 is 1.71 bits per heavy atom. The summed E-state index contributed by atoms with van der Waals surface area (Å²) >= 11 is 0. The fourth-order valence-electron chi connectivity index (χ4n) is 2.76. The van der Waals surface area contributed by atoms with Crippen molar-refractivity contribution in [3.63, 3.8) is 0 Å². The smallest absolute Gasteiger partial charge is 0.340 e. The van der Waals surface area contributed by atoms with Crippen LogP contribution in [-0.4, -0.2) is 21.0 Å². The molecule has 1 N–H and O–H groups in total. The molecule has 8 nitrogen and oxygen atoms in total. The zero-order valence-electron chi connectivity index (χ0n) is 16.4. The molecule has 162 valence electrons. The van der Waals surface area contributed by atoms with Crippen LogP contribution in [0.2, 0.25) is 0 Å². The Morgan fingerprint density at radius 1 is 1.10 bits per heavy atom. The number of alkyl halides is 3. The van der Waals surface area contributed by atoms with Gasteiger partial charge in [0.15, 0.2) is 0 Å². The normalized spacial score (nSPS) is 12.6. The summed E-state index contributed by atoms with van der Waals surface area (Å²) in [5.74, 6) is -0.492. The van der Waals surface area contributed by atoms with E-state index in [1.807, 2.05) is 0 Å². The van der Waals surface area contributed by atoms with E-state index in [1.165, 1.54) is 24.3 Å². The van der Waals surface area contributed by atoms with Crippen molar-refractivity contribution in [2.24, 2.45) is 5.92 Å². The quantitative estimate of drug-likeness (QED) is 0.441. The summed E-state index contributed by atoms with van der Waals surface area (Å²) in [5.41, 5.74) is -0.406. The zero-order valence-corrected chi connectivity index (χ0v) is 16.4. The van der Waals surface area contributed by atoms with E-state index in [1.54, 1.807) is 13.8 Å². The molecule has 1 unspecified atom stereocenters. The SMILES string of the molecule is CC(C)C(NC(=O)c1ccc(C(F)(F)F)cc1)c1nc(-c2ccc([N+](=O)[O-])cc2)no1. The first kappa shape index (κ1) is 21.9. The van der Waals surface area contributed by atoms with Gasteiger partial charge in [0.1, 0.15) is 6.04 Å². The molecular formula is C20H17F3N4O4. The number of nitrogens with zero attached hydrogens (tertiary/aromatic N) is 3. The highest BCUT2D eigenvalue weighted by molar-refractivity contribution is 5.94. The minimum absolute atomic E-state index is 0.0498. The molecule has 3 rings (SSSR count). The Labute approximate surface area is 174 Å². The first-order chi connectivity index (χ1) is 14.6. The molecule has 0 radical (unpaired) electrons. The van der Waals surface area contributed by atoms with Crippen molar-refractivity contribution in [1.29, 1.82) is 0 Å². The van der Waals surface area contributed by atoms with Gasteiger partial charge in [-0.2, -0.15) is 18.2 Å². The molecule has 1 amide bonds. The summed E-state index contributed by atoms with van der Waals surface area (Å²) in [6.07, 6.45) is -4.49. The fraction of sp³-hybridized carbons (Fsp3) is 0.250. The van der Waals surface area contributed by atoms with Crippen molar-refractivity contribution < 1.29 is 27.4 Å². The molecule has 2 aromatic carbocycles. The van der Waals surface area contributed by atoms with Gasteiger partial charge in [0.2, 0.25) is 11.7 Å². The van der Waals surface area contributed by atoms with Crippen molar-refractivity contribution in [3.8, 4) is 11.4 Å². The lowest BCUT2D eigenvalue weighted by atomic mass is 10.0. The van der Waals surface area contributed by atoms with E-state index in [0.29, 0.717) is 5.56 Å². The van der Waals surface area contributed by atoms with Crippen LogP contribution in [0.3, 0.4) is 0 Å². The number of hydrogen-bond donors (Lipinski definition) is 1. The van der Waals surface area contributed by atoms with Crippen molar-refractivity contribution in [2.75, 3.05) is 0 Å². The number of carbonyl (C=O) groups excluding carboxylic acids is 1. The molecule has 0 fully saturated rings.